The Morgan fingerprint density at radius 2 is 1.81 bits per heavy atom. The molecule has 2 rings (SSSR count). The second-order valence-electron chi connectivity index (χ2n) is 6.03. The van der Waals surface area contributed by atoms with E-state index < -0.39 is 15.7 Å². The summed E-state index contributed by atoms with van der Waals surface area (Å²) >= 11 is 0. The second-order valence-corrected chi connectivity index (χ2v) is 8.17. The van der Waals surface area contributed by atoms with Gasteiger partial charge in [0, 0.05) is 11.8 Å². The Morgan fingerprint density at radius 1 is 1.12 bits per heavy atom. The molecule has 0 heterocycles. The van der Waals surface area contributed by atoms with E-state index >= 15 is 0 Å². The molecule has 26 heavy (non-hydrogen) atoms. The summed E-state index contributed by atoms with van der Waals surface area (Å²) in [5, 5.41) is 0. The number of rotatable bonds is 5. The number of hydrogen-bond donors (Lipinski definition) is 2. The normalized spacial score (nSPS) is 11.8. The van der Waals surface area contributed by atoms with E-state index in [1.807, 2.05) is 42.5 Å². The molecule has 0 unspecified atom stereocenters. The molecular weight excluding hydrogens is 350 g/mol. The number of nitrogens with two attached hydrogens (primary N) is 2. The molecule has 0 saturated carbocycles. The number of sulfone groups is 1. The molecule has 0 fully saturated rings. The first-order valence-electron chi connectivity index (χ1n) is 7.84. The zero-order chi connectivity index (χ0) is 19.3. The molecule has 4 N–H and O–H groups in total. The molecule has 136 valence electrons. The number of aliphatic imine (C=N–C) groups is 1. The Bertz CT molecular complexity index is 989. The lowest BCUT2D eigenvalue weighted by Gasteiger charge is -2.09. The van der Waals surface area contributed by atoms with Crippen LogP contribution in [0.3, 0.4) is 0 Å². The minimum atomic E-state index is -3.12. The van der Waals surface area contributed by atoms with Gasteiger partial charge in [0.2, 0.25) is 0 Å². The maximum Gasteiger partial charge on any atom is 0.275 e. The van der Waals surface area contributed by atoms with Crippen LogP contribution in [0.25, 0.3) is 17.2 Å². The van der Waals surface area contributed by atoms with Crippen molar-refractivity contribution in [2.45, 2.75) is 12.7 Å². The molecule has 1 amide bonds. The fourth-order valence-electron chi connectivity index (χ4n) is 2.52. The molecule has 6 nitrogen and oxygen atoms in total. The Labute approximate surface area is 153 Å². The van der Waals surface area contributed by atoms with Crippen LogP contribution in [0.1, 0.15) is 18.1 Å². The van der Waals surface area contributed by atoms with Crippen LogP contribution in [0.4, 0.5) is 0 Å². The summed E-state index contributed by atoms with van der Waals surface area (Å²) in [7, 11) is -3.12. The monoisotopic (exact) mass is 371 g/mol. The van der Waals surface area contributed by atoms with E-state index in [-0.39, 0.29) is 11.7 Å². The van der Waals surface area contributed by atoms with E-state index in [1.54, 1.807) is 19.1 Å². The van der Waals surface area contributed by atoms with Crippen LogP contribution in [0.15, 0.2) is 59.1 Å². The Hall–Kier alpha value is -2.93. The van der Waals surface area contributed by atoms with Crippen LogP contribution in [0, 0.1) is 0 Å². The van der Waals surface area contributed by atoms with E-state index in [0.29, 0.717) is 11.1 Å². The number of benzene rings is 2. The molecule has 2 aromatic rings. The van der Waals surface area contributed by atoms with Gasteiger partial charge in [-0.1, -0.05) is 48.5 Å². The first-order chi connectivity index (χ1) is 12.2. The van der Waals surface area contributed by atoms with Crippen LogP contribution < -0.4 is 11.5 Å². The van der Waals surface area contributed by atoms with E-state index in [1.165, 1.54) is 6.26 Å². The fraction of sp³-hybridized carbons (Fsp3) is 0.158. The molecular formula is C19H21N3O3S. The number of amides is 1. The molecule has 0 spiro atoms. The maximum absolute atomic E-state index is 11.9. The first kappa shape index (κ1) is 19.4. The largest absolute Gasteiger partial charge is 0.370 e. The lowest BCUT2D eigenvalue weighted by atomic mass is 9.97. The molecule has 0 aromatic heterocycles. The Kier molecular flexibility index (Phi) is 5.94. The third-order valence-corrected chi connectivity index (χ3v) is 4.43. The van der Waals surface area contributed by atoms with E-state index in [4.69, 9.17) is 11.5 Å². The number of carbonyl (C=O) groups excluding carboxylic acids is 1. The molecule has 0 atom stereocenters. The molecule has 7 heteroatoms. The summed E-state index contributed by atoms with van der Waals surface area (Å²) in [4.78, 5) is 15.5. The Morgan fingerprint density at radius 3 is 2.46 bits per heavy atom. The SMILES string of the molecule is C/C(=C\c1ccccc1-c1cccc(CS(C)(=O)=O)c1)C(=O)N=C(N)N. The van der Waals surface area contributed by atoms with Crippen molar-refractivity contribution in [1.82, 2.24) is 0 Å². The average Bonchev–Trinajstić information content (AvgIpc) is 2.53. The smallest absolute Gasteiger partial charge is 0.275 e. The van der Waals surface area contributed by atoms with Gasteiger partial charge in [-0.15, -0.1) is 0 Å². The lowest BCUT2D eigenvalue weighted by Crippen LogP contribution is -2.24. The minimum absolute atomic E-state index is 0.0269. The third kappa shape index (κ3) is 5.56. The first-order valence-corrected chi connectivity index (χ1v) is 9.90. The second kappa shape index (κ2) is 7.97. The van der Waals surface area contributed by atoms with Crippen LogP contribution in [-0.4, -0.2) is 26.5 Å². The highest BCUT2D eigenvalue weighted by atomic mass is 32.2. The van der Waals surface area contributed by atoms with Crippen molar-refractivity contribution >= 4 is 27.8 Å². The molecule has 0 saturated heterocycles. The number of guanidine groups is 1. The summed E-state index contributed by atoms with van der Waals surface area (Å²) in [6, 6.07) is 14.8. The lowest BCUT2D eigenvalue weighted by molar-refractivity contribution is -0.114. The zero-order valence-corrected chi connectivity index (χ0v) is 15.5. The topological polar surface area (TPSA) is 116 Å². The van der Waals surface area contributed by atoms with Gasteiger partial charge in [0.25, 0.3) is 5.91 Å². The molecule has 0 bridgehead atoms. The highest BCUT2D eigenvalue weighted by Gasteiger charge is 2.09. The van der Waals surface area contributed by atoms with Crippen molar-refractivity contribution in [3.05, 3.63) is 65.2 Å². The summed E-state index contributed by atoms with van der Waals surface area (Å²) in [5.41, 5.74) is 14.1. The zero-order valence-electron chi connectivity index (χ0n) is 14.6. The number of carbonyl (C=O) groups is 1. The molecule has 2 aromatic carbocycles. The van der Waals surface area contributed by atoms with Crippen molar-refractivity contribution in [2.24, 2.45) is 16.5 Å². The van der Waals surface area contributed by atoms with Gasteiger partial charge in [0.05, 0.1) is 5.75 Å². The molecule has 0 aliphatic carbocycles. The number of nitrogens with zero attached hydrogens (tertiary/aromatic N) is 1. The molecule has 0 aliphatic heterocycles. The fourth-order valence-corrected chi connectivity index (χ4v) is 3.30. The van der Waals surface area contributed by atoms with Crippen LogP contribution >= 0.6 is 0 Å². The standard InChI is InChI=1S/C19H21N3O3S/c1-13(18(23)22-19(20)21)10-15-7-3-4-9-17(15)16-8-5-6-14(11-16)12-26(2,24)25/h3-11H,12H2,1-2H3,(H4,20,21,22,23)/b13-10+. The summed E-state index contributed by atoms with van der Waals surface area (Å²) < 4.78 is 23.1. The van der Waals surface area contributed by atoms with Gasteiger partial charge < -0.3 is 11.5 Å². The van der Waals surface area contributed by atoms with Gasteiger partial charge in [-0.05, 0) is 35.3 Å². The van der Waals surface area contributed by atoms with Crippen molar-refractivity contribution in [1.29, 1.82) is 0 Å². The summed E-state index contributed by atoms with van der Waals surface area (Å²) in [6.45, 7) is 1.63. The van der Waals surface area contributed by atoms with Crippen LogP contribution in [0.2, 0.25) is 0 Å². The van der Waals surface area contributed by atoms with Gasteiger partial charge in [-0.3, -0.25) is 4.79 Å². The van der Waals surface area contributed by atoms with E-state index in [9.17, 15) is 13.2 Å². The van der Waals surface area contributed by atoms with Gasteiger partial charge in [-0.25, -0.2) is 8.42 Å². The van der Waals surface area contributed by atoms with Crippen molar-refractivity contribution in [3.63, 3.8) is 0 Å². The van der Waals surface area contributed by atoms with E-state index in [0.717, 1.165) is 16.7 Å². The summed E-state index contributed by atoms with van der Waals surface area (Å²) in [5.74, 6) is -0.823. The van der Waals surface area contributed by atoms with Crippen molar-refractivity contribution < 1.29 is 13.2 Å². The highest BCUT2D eigenvalue weighted by Crippen LogP contribution is 2.27. The minimum Gasteiger partial charge on any atom is -0.370 e. The van der Waals surface area contributed by atoms with Gasteiger partial charge in [0.15, 0.2) is 15.8 Å². The van der Waals surface area contributed by atoms with Gasteiger partial charge >= 0.3 is 0 Å². The summed E-state index contributed by atoms with van der Waals surface area (Å²) in [6.07, 6.45) is 2.91. The van der Waals surface area contributed by atoms with Crippen LogP contribution in [0.5, 0.6) is 0 Å². The molecule has 0 aliphatic rings. The predicted molar refractivity (Wildman–Crippen MR) is 105 cm³/mol. The average molecular weight is 371 g/mol. The van der Waals surface area contributed by atoms with Gasteiger partial charge in [-0.2, -0.15) is 4.99 Å². The predicted octanol–water partition coefficient (Wildman–Crippen LogP) is 2.10. The highest BCUT2D eigenvalue weighted by molar-refractivity contribution is 7.89. The quantitative estimate of drug-likeness (QED) is 0.474. The third-order valence-electron chi connectivity index (χ3n) is 3.57. The van der Waals surface area contributed by atoms with Crippen molar-refractivity contribution in [2.75, 3.05) is 6.26 Å². The van der Waals surface area contributed by atoms with E-state index in [2.05, 4.69) is 4.99 Å². The van der Waals surface area contributed by atoms with Crippen LogP contribution in [-0.2, 0) is 20.4 Å². The number of hydrogen-bond acceptors (Lipinski definition) is 3. The Balaban J connectivity index is 2.46. The molecule has 0 radical (unpaired) electrons. The van der Waals surface area contributed by atoms with Gasteiger partial charge in [0.1, 0.15) is 0 Å². The van der Waals surface area contributed by atoms with Crippen molar-refractivity contribution in [3.8, 4) is 11.1 Å². The maximum atomic E-state index is 11.9.